The van der Waals surface area contributed by atoms with E-state index in [9.17, 15) is 4.79 Å². The molecule has 1 fully saturated rings. The molecule has 1 aromatic carbocycles. The van der Waals surface area contributed by atoms with Crippen molar-refractivity contribution in [2.24, 2.45) is 0 Å². The van der Waals surface area contributed by atoms with Gasteiger partial charge in [0.1, 0.15) is 4.33 Å². The van der Waals surface area contributed by atoms with Gasteiger partial charge in [0.2, 0.25) is 0 Å². The molecule has 90 valence electrons. The Morgan fingerprint density at radius 1 is 1.47 bits per heavy atom. The van der Waals surface area contributed by atoms with E-state index in [-0.39, 0.29) is 18.1 Å². The zero-order chi connectivity index (χ0) is 12.2. The van der Waals surface area contributed by atoms with Gasteiger partial charge in [0, 0.05) is 12.5 Å². The van der Waals surface area contributed by atoms with Crippen molar-refractivity contribution in [3.05, 3.63) is 35.4 Å². The summed E-state index contributed by atoms with van der Waals surface area (Å²) in [5.74, 6) is -0.00474. The van der Waals surface area contributed by atoms with Crippen molar-refractivity contribution in [1.82, 2.24) is 4.90 Å². The van der Waals surface area contributed by atoms with Gasteiger partial charge in [-0.3, -0.25) is 4.90 Å². The lowest BCUT2D eigenvalue weighted by molar-refractivity contribution is 0.114. The highest BCUT2D eigenvalue weighted by Crippen LogP contribution is 2.64. The SMILES string of the molecule is COC(=O)N1Cc2ccccc2C2C1C2(Cl)Cl. The highest BCUT2D eigenvalue weighted by molar-refractivity contribution is 6.52. The third-order valence-electron chi connectivity index (χ3n) is 3.49. The fraction of sp³-hybridized carbons (Fsp3) is 0.417. The van der Waals surface area contributed by atoms with Crippen molar-refractivity contribution in [1.29, 1.82) is 0 Å². The van der Waals surface area contributed by atoms with Crippen molar-refractivity contribution in [2.45, 2.75) is 22.8 Å². The Kier molecular flexibility index (Phi) is 2.32. The summed E-state index contributed by atoms with van der Waals surface area (Å²) >= 11 is 12.5. The molecule has 1 heterocycles. The van der Waals surface area contributed by atoms with E-state index in [0.717, 1.165) is 11.1 Å². The van der Waals surface area contributed by atoms with Crippen LogP contribution < -0.4 is 0 Å². The molecule has 0 saturated heterocycles. The summed E-state index contributed by atoms with van der Waals surface area (Å²) in [5.41, 5.74) is 2.23. The first kappa shape index (κ1) is 11.2. The van der Waals surface area contributed by atoms with E-state index >= 15 is 0 Å². The molecule has 1 amide bonds. The van der Waals surface area contributed by atoms with Gasteiger partial charge < -0.3 is 4.74 Å². The number of rotatable bonds is 0. The van der Waals surface area contributed by atoms with Crippen LogP contribution >= 0.6 is 23.2 Å². The van der Waals surface area contributed by atoms with E-state index < -0.39 is 4.33 Å². The zero-order valence-corrected chi connectivity index (χ0v) is 10.7. The second kappa shape index (κ2) is 3.53. The smallest absolute Gasteiger partial charge is 0.410 e. The molecule has 2 atom stereocenters. The maximum Gasteiger partial charge on any atom is 0.410 e. The Bertz CT molecular complexity index is 489. The molecule has 0 radical (unpaired) electrons. The third-order valence-corrected chi connectivity index (χ3v) is 4.41. The number of alkyl halides is 2. The molecule has 1 saturated carbocycles. The summed E-state index contributed by atoms with van der Waals surface area (Å²) in [7, 11) is 1.37. The van der Waals surface area contributed by atoms with Crippen LogP contribution in [-0.2, 0) is 11.3 Å². The average Bonchev–Trinajstić information content (AvgIpc) is 2.91. The lowest BCUT2D eigenvalue weighted by Gasteiger charge is -2.26. The second-order valence-electron chi connectivity index (χ2n) is 4.39. The molecule has 0 spiro atoms. The molecule has 0 bridgehead atoms. The number of methoxy groups -OCH3 is 1. The predicted octanol–water partition coefficient (Wildman–Crippen LogP) is 2.91. The molecule has 2 aliphatic rings. The van der Waals surface area contributed by atoms with Crippen LogP contribution in [0.5, 0.6) is 0 Å². The number of nitrogens with zero attached hydrogens (tertiary/aromatic N) is 1. The second-order valence-corrected chi connectivity index (χ2v) is 5.84. The van der Waals surface area contributed by atoms with E-state index in [1.807, 2.05) is 24.3 Å². The molecular formula is C12H11Cl2NO2. The fourth-order valence-electron chi connectivity index (χ4n) is 2.63. The quantitative estimate of drug-likeness (QED) is 0.679. The van der Waals surface area contributed by atoms with Gasteiger partial charge in [-0.15, -0.1) is 0 Å². The number of hydrogen-bond donors (Lipinski definition) is 0. The fourth-order valence-corrected chi connectivity index (χ4v) is 3.47. The summed E-state index contributed by atoms with van der Waals surface area (Å²) in [6.07, 6.45) is -0.377. The Labute approximate surface area is 109 Å². The lowest BCUT2D eigenvalue weighted by Crippen LogP contribution is -2.37. The topological polar surface area (TPSA) is 29.5 Å². The summed E-state index contributed by atoms with van der Waals surface area (Å²) in [5, 5.41) is 0. The average molecular weight is 272 g/mol. The summed E-state index contributed by atoms with van der Waals surface area (Å²) < 4.78 is 3.88. The van der Waals surface area contributed by atoms with Crippen molar-refractivity contribution in [3.63, 3.8) is 0 Å². The first-order chi connectivity index (χ1) is 8.07. The largest absolute Gasteiger partial charge is 0.453 e. The number of amides is 1. The van der Waals surface area contributed by atoms with Crippen molar-refractivity contribution < 1.29 is 9.53 Å². The Hall–Kier alpha value is -0.930. The third kappa shape index (κ3) is 1.45. The van der Waals surface area contributed by atoms with Gasteiger partial charge in [-0.05, 0) is 11.1 Å². The minimum absolute atomic E-state index is 0.00474. The predicted molar refractivity (Wildman–Crippen MR) is 65.4 cm³/mol. The number of ether oxygens (including phenoxy) is 1. The maximum atomic E-state index is 11.7. The molecule has 5 heteroatoms. The Morgan fingerprint density at radius 3 is 2.88 bits per heavy atom. The number of benzene rings is 1. The number of hydrogen-bond acceptors (Lipinski definition) is 2. The van der Waals surface area contributed by atoms with Gasteiger partial charge in [-0.25, -0.2) is 4.79 Å². The van der Waals surface area contributed by atoms with Gasteiger partial charge in [-0.1, -0.05) is 47.5 Å². The minimum atomic E-state index is -0.888. The standard InChI is InChI=1S/C12H11Cl2NO2/c1-17-11(16)15-6-7-4-2-3-5-8(7)9-10(15)12(9,13)14/h2-5,9-10H,6H2,1H3. The van der Waals surface area contributed by atoms with Crippen molar-refractivity contribution in [2.75, 3.05) is 7.11 Å². The molecule has 3 rings (SSSR count). The zero-order valence-electron chi connectivity index (χ0n) is 9.19. The molecule has 3 nitrogen and oxygen atoms in total. The summed E-state index contributed by atoms with van der Waals surface area (Å²) in [6.45, 7) is 0.505. The summed E-state index contributed by atoms with van der Waals surface area (Å²) in [4.78, 5) is 13.3. The molecule has 1 aromatic rings. The number of carbonyl (C=O) groups is 1. The first-order valence-corrected chi connectivity index (χ1v) is 6.13. The van der Waals surface area contributed by atoms with Gasteiger partial charge in [0.25, 0.3) is 0 Å². The number of fused-ring (bicyclic) bond motifs is 3. The highest BCUT2D eigenvalue weighted by Gasteiger charge is 2.69. The maximum absolute atomic E-state index is 11.7. The van der Waals surface area contributed by atoms with E-state index in [1.165, 1.54) is 7.11 Å². The number of carbonyl (C=O) groups excluding carboxylic acids is 1. The monoisotopic (exact) mass is 271 g/mol. The van der Waals surface area contributed by atoms with Crippen LogP contribution in [0.25, 0.3) is 0 Å². The van der Waals surface area contributed by atoms with Crippen LogP contribution in [0.2, 0.25) is 0 Å². The van der Waals surface area contributed by atoms with Gasteiger partial charge in [-0.2, -0.15) is 0 Å². The minimum Gasteiger partial charge on any atom is -0.453 e. The van der Waals surface area contributed by atoms with Gasteiger partial charge >= 0.3 is 6.09 Å². The van der Waals surface area contributed by atoms with Gasteiger partial charge in [0.05, 0.1) is 13.2 Å². The van der Waals surface area contributed by atoms with Crippen LogP contribution in [0.1, 0.15) is 17.0 Å². The molecule has 17 heavy (non-hydrogen) atoms. The molecular weight excluding hydrogens is 261 g/mol. The molecule has 0 aromatic heterocycles. The summed E-state index contributed by atoms with van der Waals surface area (Å²) in [6, 6.07) is 7.75. The van der Waals surface area contributed by atoms with E-state index in [2.05, 4.69) is 0 Å². The van der Waals surface area contributed by atoms with E-state index in [4.69, 9.17) is 27.9 Å². The molecule has 2 unspecified atom stereocenters. The van der Waals surface area contributed by atoms with E-state index in [1.54, 1.807) is 4.90 Å². The number of halogens is 2. The Morgan fingerprint density at radius 2 is 2.18 bits per heavy atom. The Balaban J connectivity index is 2.03. The normalized spacial score (nSPS) is 28.1. The molecule has 1 aliphatic heterocycles. The molecule has 1 aliphatic carbocycles. The van der Waals surface area contributed by atoms with Crippen LogP contribution in [-0.4, -0.2) is 28.5 Å². The first-order valence-electron chi connectivity index (χ1n) is 5.37. The van der Waals surface area contributed by atoms with Crippen LogP contribution in [0.3, 0.4) is 0 Å². The van der Waals surface area contributed by atoms with Gasteiger partial charge in [0.15, 0.2) is 0 Å². The highest BCUT2D eigenvalue weighted by atomic mass is 35.5. The van der Waals surface area contributed by atoms with E-state index in [0.29, 0.717) is 6.54 Å². The molecule has 0 N–H and O–H groups in total. The van der Waals surface area contributed by atoms with Crippen LogP contribution in [0.15, 0.2) is 24.3 Å². The van der Waals surface area contributed by atoms with Crippen molar-refractivity contribution in [3.8, 4) is 0 Å². The lowest BCUT2D eigenvalue weighted by atomic mass is 9.99. The van der Waals surface area contributed by atoms with Crippen LogP contribution in [0.4, 0.5) is 4.79 Å². The van der Waals surface area contributed by atoms with Crippen LogP contribution in [0, 0.1) is 0 Å². The van der Waals surface area contributed by atoms with Crippen molar-refractivity contribution >= 4 is 29.3 Å².